The highest BCUT2D eigenvalue weighted by Gasteiger charge is 2.11. The van der Waals surface area contributed by atoms with Crippen molar-refractivity contribution in [2.45, 2.75) is 18.2 Å². The fourth-order valence-electron chi connectivity index (χ4n) is 2.34. The number of anilines is 3. The highest BCUT2D eigenvalue weighted by atomic mass is 35.5. The molecule has 0 radical (unpaired) electrons. The Morgan fingerprint density at radius 1 is 1.18 bits per heavy atom. The summed E-state index contributed by atoms with van der Waals surface area (Å²) < 4.78 is 6.30. The largest absolute Gasteiger partial charge is 0.492 e. The van der Waals surface area contributed by atoms with Gasteiger partial charge in [-0.2, -0.15) is 0 Å². The smallest absolute Gasteiger partial charge is 0.234 e. The first kappa shape index (κ1) is 20.4. The molecule has 0 bridgehead atoms. The third-order valence-corrected chi connectivity index (χ3v) is 6.08. The molecule has 3 aromatic rings. The highest BCUT2D eigenvalue weighted by Crippen LogP contribution is 2.31. The quantitative estimate of drug-likeness (QED) is 0.464. The summed E-state index contributed by atoms with van der Waals surface area (Å²) in [5.41, 5.74) is 2.38. The Kier molecular flexibility index (Phi) is 7.13. The molecule has 0 fully saturated rings. The van der Waals surface area contributed by atoms with Gasteiger partial charge in [0.2, 0.25) is 11.0 Å². The number of amides is 1. The zero-order valence-electron chi connectivity index (χ0n) is 15.4. The predicted molar refractivity (Wildman–Crippen MR) is 116 cm³/mol. The number of nitrogens with zero attached hydrogens (tertiary/aromatic N) is 2. The van der Waals surface area contributed by atoms with Crippen LogP contribution in [-0.2, 0) is 4.79 Å². The Hall–Kier alpha value is -2.29. The normalized spacial score (nSPS) is 10.5. The van der Waals surface area contributed by atoms with Gasteiger partial charge in [0.1, 0.15) is 5.75 Å². The molecule has 0 saturated carbocycles. The van der Waals surface area contributed by atoms with Crippen LogP contribution in [0.5, 0.6) is 5.75 Å². The number of para-hydroxylation sites is 2. The van der Waals surface area contributed by atoms with E-state index in [4.69, 9.17) is 16.3 Å². The number of nitrogens with one attached hydrogen (secondary N) is 2. The van der Waals surface area contributed by atoms with E-state index in [0.717, 1.165) is 17.0 Å². The maximum absolute atomic E-state index is 12.2. The van der Waals surface area contributed by atoms with Crippen molar-refractivity contribution in [3.8, 4) is 5.75 Å². The van der Waals surface area contributed by atoms with Gasteiger partial charge in [-0.15, -0.1) is 10.2 Å². The summed E-state index contributed by atoms with van der Waals surface area (Å²) in [5, 5.41) is 15.6. The van der Waals surface area contributed by atoms with Crippen molar-refractivity contribution >= 4 is 57.1 Å². The van der Waals surface area contributed by atoms with Gasteiger partial charge < -0.3 is 15.4 Å². The summed E-state index contributed by atoms with van der Waals surface area (Å²) >= 11 is 8.80. The molecule has 6 nitrogen and oxygen atoms in total. The molecule has 28 heavy (non-hydrogen) atoms. The van der Waals surface area contributed by atoms with Crippen LogP contribution in [0, 0.1) is 6.92 Å². The van der Waals surface area contributed by atoms with Crippen molar-refractivity contribution in [2.75, 3.05) is 23.0 Å². The molecular formula is C19H19ClN4O2S2. The van der Waals surface area contributed by atoms with E-state index < -0.39 is 0 Å². The minimum absolute atomic E-state index is 0.123. The van der Waals surface area contributed by atoms with Gasteiger partial charge >= 0.3 is 0 Å². The minimum Gasteiger partial charge on any atom is -0.492 e. The summed E-state index contributed by atoms with van der Waals surface area (Å²) in [5.74, 6) is 0.864. The summed E-state index contributed by atoms with van der Waals surface area (Å²) in [7, 11) is 0. The Morgan fingerprint density at radius 2 is 1.96 bits per heavy atom. The third-order valence-electron chi connectivity index (χ3n) is 3.70. The van der Waals surface area contributed by atoms with Crippen molar-refractivity contribution in [3.05, 3.63) is 53.1 Å². The fraction of sp³-hybridized carbons (Fsp3) is 0.211. The number of hydrogen-bond acceptors (Lipinski definition) is 7. The van der Waals surface area contributed by atoms with E-state index in [2.05, 4.69) is 20.8 Å². The first-order chi connectivity index (χ1) is 13.6. The molecule has 0 saturated heterocycles. The van der Waals surface area contributed by atoms with Crippen LogP contribution in [0.2, 0.25) is 5.02 Å². The number of carbonyl (C=O) groups is 1. The van der Waals surface area contributed by atoms with E-state index in [0.29, 0.717) is 26.8 Å². The van der Waals surface area contributed by atoms with Crippen LogP contribution in [0.3, 0.4) is 0 Å². The summed E-state index contributed by atoms with van der Waals surface area (Å²) in [4.78, 5) is 12.2. The summed E-state index contributed by atoms with van der Waals surface area (Å²) in [6, 6.07) is 13.1. The molecule has 146 valence electrons. The lowest BCUT2D eigenvalue weighted by molar-refractivity contribution is -0.113. The van der Waals surface area contributed by atoms with Crippen LogP contribution in [0.25, 0.3) is 0 Å². The second kappa shape index (κ2) is 9.77. The molecule has 2 N–H and O–H groups in total. The topological polar surface area (TPSA) is 76.1 Å². The number of halogens is 1. The van der Waals surface area contributed by atoms with E-state index in [1.165, 1.54) is 23.1 Å². The Balaban J connectivity index is 1.56. The van der Waals surface area contributed by atoms with Crippen molar-refractivity contribution in [1.29, 1.82) is 0 Å². The van der Waals surface area contributed by atoms with Gasteiger partial charge in [-0.05, 0) is 43.7 Å². The molecule has 9 heteroatoms. The van der Waals surface area contributed by atoms with Crippen molar-refractivity contribution in [3.63, 3.8) is 0 Å². The summed E-state index contributed by atoms with van der Waals surface area (Å²) in [6.07, 6.45) is 0. The Bertz CT molecular complexity index is 965. The number of hydrogen-bond donors (Lipinski definition) is 2. The van der Waals surface area contributed by atoms with E-state index >= 15 is 0 Å². The molecule has 1 heterocycles. The number of aromatic nitrogens is 2. The van der Waals surface area contributed by atoms with Crippen LogP contribution in [0.1, 0.15) is 12.5 Å². The van der Waals surface area contributed by atoms with E-state index in [9.17, 15) is 4.79 Å². The minimum atomic E-state index is -0.123. The lowest BCUT2D eigenvalue weighted by Gasteiger charge is -2.09. The second-order valence-electron chi connectivity index (χ2n) is 5.68. The van der Waals surface area contributed by atoms with Crippen LogP contribution >= 0.6 is 34.7 Å². The van der Waals surface area contributed by atoms with Crippen molar-refractivity contribution in [1.82, 2.24) is 10.2 Å². The lowest BCUT2D eigenvalue weighted by atomic mass is 10.2. The molecule has 2 aromatic carbocycles. The first-order valence-corrected chi connectivity index (χ1v) is 10.7. The number of carbonyl (C=O) groups excluding carboxylic acids is 1. The van der Waals surface area contributed by atoms with Crippen LogP contribution < -0.4 is 15.4 Å². The molecule has 0 aliphatic carbocycles. The van der Waals surface area contributed by atoms with Crippen LogP contribution in [0.4, 0.5) is 16.5 Å². The molecule has 0 aliphatic rings. The maximum atomic E-state index is 12.2. The highest BCUT2D eigenvalue weighted by molar-refractivity contribution is 8.01. The average molecular weight is 435 g/mol. The van der Waals surface area contributed by atoms with Gasteiger partial charge in [0.15, 0.2) is 4.34 Å². The molecule has 0 aliphatic heterocycles. The number of ether oxygens (including phenoxy) is 1. The number of rotatable bonds is 8. The SMILES string of the molecule is CCOc1ccccc1Nc1nnc(SCC(=O)Nc2cccc(Cl)c2C)s1. The maximum Gasteiger partial charge on any atom is 0.234 e. The molecule has 1 aromatic heterocycles. The van der Waals surface area contributed by atoms with Crippen LogP contribution in [0.15, 0.2) is 46.8 Å². The molecule has 0 atom stereocenters. The number of thioether (sulfide) groups is 1. The van der Waals surface area contributed by atoms with Gasteiger partial charge in [0, 0.05) is 10.7 Å². The van der Waals surface area contributed by atoms with E-state index in [-0.39, 0.29) is 11.7 Å². The van der Waals surface area contributed by atoms with E-state index in [1.54, 1.807) is 12.1 Å². The molecule has 0 unspecified atom stereocenters. The zero-order valence-corrected chi connectivity index (χ0v) is 17.7. The Morgan fingerprint density at radius 3 is 2.79 bits per heavy atom. The van der Waals surface area contributed by atoms with Gasteiger partial charge in [0.25, 0.3) is 0 Å². The van der Waals surface area contributed by atoms with Gasteiger partial charge in [0.05, 0.1) is 18.0 Å². The third kappa shape index (κ3) is 5.37. The van der Waals surface area contributed by atoms with Crippen molar-refractivity contribution < 1.29 is 9.53 Å². The number of benzene rings is 2. The van der Waals surface area contributed by atoms with Gasteiger partial charge in [-0.25, -0.2) is 0 Å². The fourth-order valence-corrected chi connectivity index (χ4v) is 4.08. The molecule has 0 spiro atoms. The van der Waals surface area contributed by atoms with Crippen molar-refractivity contribution in [2.24, 2.45) is 0 Å². The lowest BCUT2D eigenvalue weighted by Crippen LogP contribution is -2.14. The van der Waals surface area contributed by atoms with Crippen LogP contribution in [-0.4, -0.2) is 28.5 Å². The first-order valence-electron chi connectivity index (χ1n) is 8.57. The molecule has 3 rings (SSSR count). The Labute approximate surface area is 176 Å². The standard InChI is InChI=1S/C19H19ClN4O2S2/c1-3-26-16-10-5-4-8-15(16)22-18-23-24-19(28-18)27-11-17(25)21-14-9-6-7-13(20)12(14)2/h4-10H,3,11H2,1-2H3,(H,21,25)(H,22,23). The molecular weight excluding hydrogens is 416 g/mol. The van der Waals surface area contributed by atoms with Gasteiger partial charge in [-0.3, -0.25) is 4.79 Å². The zero-order chi connectivity index (χ0) is 19.9. The van der Waals surface area contributed by atoms with Gasteiger partial charge in [-0.1, -0.05) is 52.9 Å². The molecule has 1 amide bonds. The monoisotopic (exact) mass is 434 g/mol. The summed E-state index contributed by atoms with van der Waals surface area (Å²) in [6.45, 7) is 4.39. The second-order valence-corrected chi connectivity index (χ2v) is 8.28. The average Bonchev–Trinajstić information content (AvgIpc) is 3.13. The predicted octanol–water partition coefficient (Wildman–Crippen LogP) is 5.37. The van der Waals surface area contributed by atoms with E-state index in [1.807, 2.05) is 44.2 Å².